The topological polar surface area (TPSA) is 66.4 Å². The van der Waals surface area contributed by atoms with Crippen LogP contribution in [0.25, 0.3) is 0 Å². The fourth-order valence-corrected chi connectivity index (χ4v) is 3.63. The first kappa shape index (κ1) is 13.6. The number of amides is 1. The third kappa shape index (κ3) is 2.34. The lowest BCUT2D eigenvalue weighted by Crippen LogP contribution is -2.36. The predicted octanol–water partition coefficient (Wildman–Crippen LogP) is 2.75. The summed E-state index contributed by atoms with van der Waals surface area (Å²) in [5.41, 5.74) is 0.714. The number of carboxylic acid groups (broad SMARTS) is 1. The van der Waals surface area contributed by atoms with E-state index in [4.69, 9.17) is 0 Å². The van der Waals surface area contributed by atoms with E-state index in [0.717, 1.165) is 9.99 Å². The maximum Gasteiger partial charge on any atom is 0.307 e. The zero-order valence-corrected chi connectivity index (χ0v) is 12.8. The molecule has 1 saturated carbocycles. The van der Waals surface area contributed by atoms with E-state index in [0.29, 0.717) is 5.69 Å². The number of aliphatic carboxylic acids is 1. The smallest absolute Gasteiger partial charge is 0.307 e. The van der Waals surface area contributed by atoms with Crippen LogP contribution in [-0.2, 0) is 9.59 Å². The molecule has 0 spiro atoms. The molecule has 5 heteroatoms. The van der Waals surface area contributed by atoms with Gasteiger partial charge in [-0.15, -0.1) is 0 Å². The van der Waals surface area contributed by atoms with Crippen LogP contribution in [0.4, 0.5) is 5.69 Å². The van der Waals surface area contributed by atoms with Crippen LogP contribution in [0.5, 0.6) is 0 Å². The number of anilines is 1. The van der Waals surface area contributed by atoms with E-state index in [2.05, 4.69) is 27.9 Å². The Morgan fingerprint density at radius 3 is 2.30 bits per heavy atom. The molecule has 20 heavy (non-hydrogen) atoms. The van der Waals surface area contributed by atoms with Gasteiger partial charge in [0.25, 0.3) is 0 Å². The number of hydrogen-bond donors (Lipinski definition) is 2. The lowest BCUT2D eigenvalue weighted by Gasteiger charge is -2.23. The van der Waals surface area contributed by atoms with Gasteiger partial charge in [0.15, 0.2) is 0 Å². The van der Waals surface area contributed by atoms with Crippen molar-refractivity contribution in [3.05, 3.63) is 40.0 Å². The van der Waals surface area contributed by atoms with Crippen molar-refractivity contribution < 1.29 is 14.7 Å². The number of nitrogens with one attached hydrogen (secondary N) is 1. The van der Waals surface area contributed by atoms with Crippen LogP contribution in [0.3, 0.4) is 0 Å². The van der Waals surface area contributed by atoms with Gasteiger partial charge in [-0.3, -0.25) is 9.59 Å². The van der Waals surface area contributed by atoms with Crippen molar-refractivity contribution in [2.24, 2.45) is 23.7 Å². The molecule has 1 aromatic carbocycles. The third-order valence-corrected chi connectivity index (χ3v) is 4.88. The molecule has 2 N–H and O–H groups in total. The summed E-state index contributed by atoms with van der Waals surface area (Å²) in [6, 6.07) is 7.48. The summed E-state index contributed by atoms with van der Waals surface area (Å²) in [6.45, 7) is 0. The Kier molecular flexibility index (Phi) is 3.54. The second-order valence-corrected chi connectivity index (χ2v) is 6.58. The molecule has 2 bridgehead atoms. The number of rotatable bonds is 3. The van der Waals surface area contributed by atoms with Gasteiger partial charge in [0.2, 0.25) is 5.91 Å². The van der Waals surface area contributed by atoms with Gasteiger partial charge < -0.3 is 10.4 Å². The minimum Gasteiger partial charge on any atom is -0.481 e. The Hall–Kier alpha value is -1.37. The Morgan fingerprint density at radius 1 is 1.10 bits per heavy atom. The molecule has 4 nitrogen and oxygen atoms in total. The van der Waals surface area contributed by atoms with E-state index in [9.17, 15) is 14.7 Å². The standard InChI is InChI=1S/C15H14INO3/c16-10-3-5-11(6-4-10)17-14(18)12-8-1-2-9(7-8)13(12)15(19)20/h1-6,8-9,12-13H,7H2,(H,17,18)(H,19,20)/t8-,9-,12+,13+/m0/s1. The van der Waals surface area contributed by atoms with Crippen LogP contribution >= 0.6 is 22.6 Å². The molecule has 0 aromatic heterocycles. The van der Waals surface area contributed by atoms with Gasteiger partial charge in [-0.25, -0.2) is 0 Å². The van der Waals surface area contributed by atoms with Crippen molar-refractivity contribution >= 4 is 40.2 Å². The second kappa shape index (κ2) is 5.20. The lowest BCUT2D eigenvalue weighted by molar-refractivity contribution is -0.146. The predicted molar refractivity (Wildman–Crippen MR) is 83.1 cm³/mol. The molecule has 0 radical (unpaired) electrons. The van der Waals surface area contributed by atoms with Crippen LogP contribution in [0.2, 0.25) is 0 Å². The quantitative estimate of drug-likeness (QED) is 0.623. The van der Waals surface area contributed by atoms with E-state index in [1.807, 2.05) is 36.4 Å². The van der Waals surface area contributed by atoms with Crippen LogP contribution < -0.4 is 5.32 Å². The monoisotopic (exact) mass is 383 g/mol. The van der Waals surface area contributed by atoms with Crippen molar-refractivity contribution in [1.82, 2.24) is 0 Å². The van der Waals surface area contributed by atoms with Gasteiger partial charge in [0.1, 0.15) is 0 Å². The normalized spacial score (nSPS) is 30.4. The van der Waals surface area contributed by atoms with Crippen molar-refractivity contribution in [3.63, 3.8) is 0 Å². The number of fused-ring (bicyclic) bond motifs is 2. The molecule has 2 aliphatic carbocycles. The first-order chi connectivity index (χ1) is 9.56. The van der Waals surface area contributed by atoms with E-state index in [-0.39, 0.29) is 17.7 Å². The van der Waals surface area contributed by atoms with E-state index < -0.39 is 17.8 Å². The third-order valence-electron chi connectivity index (χ3n) is 4.16. The molecule has 0 saturated heterocycles. The molecule has 0 aliphatic heterocycles. The summed E-state index contributed by atoms with van der Waals surface area (Å²) >= 11 is 2.20. The van der Waals surface area contributed by atoms with Gasteiger partial charge in [0, 0.05) is 9.26 Å². The van der Waals surface area contributed by atoms with Crippen molar-refractivity contribution in [1.29, 1.82) is 0 Å². The highest BCUT2D eigenvalue weighted by Gasteiger charge is 2.51. The molecule has 0 unspecified atom stereocenters. The number of carboxylic acids is 1. The fraction of sp³-hybridized carbons (Fsp3) is 0.333. The number of halogens is 1. The van der Waals surface area contributed by atoms with Gasteiger partial charge >= 0.3 is 5.97 Å². The number of carbonyl (C=O) groups is 2. The van der Waals surface area contributed by atoms with Crippen LogP contribution in [0.1, 0.15) is 6.42 Å². The number of hydrogen-bond acceptors (Lipinski definition) is 2. The Morgan fingerprint density at radius 2 is 1.70 bits per heavy atom. The van der Waals surface area contributed by atoms with Crippen LogP contribution in [0, 0.1) is 27.2 Å². The summed E-state index contributed by atoms with van der Waals surface area (Å²) in [5, 5.41) is 12.2. The highest BCUT2D eigenvalue weighted by Crippen LogP contribution is 2.48. The van der Waals surface area contributed by atoms with Crippen molar-refractivity contribution in [2.45, 2.75) is 6.42 Å². The maximum atomic E-state index is 12.4. The van der Waals surface area contributed by atoms with Crippen LogP contribution in [-0.4, -0.2) is 17.0 Å². The zero-order valence-electron chi connectivity index (χ0n) is 10.6. The number of benzene rings is 1. The average Bonchev–Trinajstić information content (AvgIpc) is 3.01. The molecule has 0 heterocycles. The molecule has 2 aliphatic rings. The SMILES string of the molecule is O=C(O)[C@H]1[C@H](C(=O)Nc2ccc(I)cc2)[C@H]2C=C[C@H]1C2. The minimum absolute atomic E-state index is 0.00460. The largest absolute Gasteiger partial charge is 0.481 e. The highest BCUT2D eigenvalue weighted by molar-refractivity contribution is 14.1. The van der Waals surface area contributed by atoms with E-state index >= 15 is 0 Å². The minimum atomic E-state index is -0.871. The second-order valence-electron chi connectivity index (χ2n) is 5.33. The molecule has 4 atom stereocenters. The molecule has 1 amide bonds. The van der Waals surface area contributed by atoms with Crippen LogP contribution in [0.15, 0.2) is 36.4 Å². The first-order valence-electron chi connectivity index (χ1n) is 6.54. The molecule has 1 aromatic rings. The number of allylic oxidation sites excluding steroid dienone is 2. The van der Waals surface area contributed by atoms with Gasteiger partial charge in [-0.1, -0.05) is 12.2 Å². The Balaban J connectivity index is 1.78. The van der Waals surface area contributed by atoms with Gasteiger partial charge in [-0.2, -0.15) is 0 Å². The lowest BCUT2D eigenvalue weighted by atomic mass is 9.82. The molecule has 3 rings (SSSR count). The maximum absolute atomic E-state index is 12.4. The molecule has 104 valence electrons. The summed E-state index contributed by atoms with van der Waals surface area (Å²) in [4.78, 5) is 23.8. The number of carbonyl (C=O) groups excluding carboxylic acids is 1. The molecule has 1 fully saturated rings. The first-order valence-corrected chi connectivity index (χ1v) is 7.61. The Bertz CT molecular complexity index is 581. The summed E-state index contributed by atoms with van der Waals surface area (Å²) in [6.07, 6.45) is 4.71. The highest BCUT2D eigenvalue weighted by atomic mass is 127. The van der Waals surface area contributed by atoms with Crippen molar-refractivity contribution in [3.8, 4) is 0 Å². The molecular formula is C15H14INO3. The molecular weight excluding hydrogens is 369 g/mol. The van der Waals surface area contributed by atoms with Gasteiger partial charge in [0.05, 0.1) is 11.8 Å². The Labute approximate surface area is 130 Å². The van der Waals surface area contributed by atoms with E-state index in [1.165, 1.54) is 0 Å². The van der Waals surface area contributed by atoms with Gasteiger partial charge in [-0.05, 0) is 65.1 Å². The summed E-state index contributed by atoms with van der Waals surface area (Å²) < 4.78 is 1.09. The summed E-state index contributed by atoms with van der Waals surface area (Å²) in [7, 11) is 0. The van der Waals surface area contributed by atoms with Crippen molar-refractivity contribution in [2.75, 3.05) is 5.32 Å². The van der Waals surface area contributed by atoms with E-state index in [1.54, 1.807) is 0 Å². The zero-order chi connectivity index (χ0) is 14.3. The average molecular weight is 383 g/mol. The fourth-order valence-electron chi connectivity index (χ4n) is 3.28. The summed E-state index contributed by atoms with van der Waals surface area (Å²) in [5.74, 6) is -2.04.